The minimum atomic E-state index is 0.267. The van der Waals surface area contributed by atoms with Crippen LogP contribution in [0.1, 0.15) is 40.5 Å². The van der Waals surface area contributed by atoms with Crippen LogP contribution in [0.25, 0.3) is 0 Å². The van der Waals surface area contributed by atoms with Gasteiger partial charge in [-0.05, 0) is 46.5 Å². The number of likely N-dealkylation sites (tertiary alicyclic amines) is 2. The van der Waals surface area contributed by atoms with Crippen molar-refractivity contribution in [2.24, 2.45) is 11.8 Å². The normalized spacial score (nSPS) is 25.8. The summed E-state index contributed by atoms with van der Waals surface area (Å²) in [4.78, 5) is 22.4. The molecule has 3 fully saturated rings. The zero-order valence-corrected chi connectivity index (χ0v) is 16.8. The van der Waals surface area contributed by atoms with Gasteiger partial charge in [0.2, 0.25) is 5.91 Å². The summed E-state index contributed by atoms with van der Waals surface area (Å²) < 4.78 is 0. The smallest absolute Gasteiger partial charge is 0.228 e. The van der Waals surface area contributed by atoms with Crippen LogP contribution in [-0.4, -0.2) is 96.5 Å². The fourth-order valence-corrected chi connectivity index (χ4v) is 4.51. The minimum Gasteiger partial charge on any atom is -0.342 e. The molecule has 0 unspecified atom stereocenters. The van der Waals surface area contributed by atoms with E-state index in [2.05, 4.69) is 47.3 Å². The quantitative estimate of drug-likeness (QED) is 0.753. The summed E-state index contributed by atoms with van der Waals surface area (Å²) in [6, 6.07) is 1.25. The van der Waals surface area contributed by atoms with Gasteiger partial charge in [0.15, 0.2) is 0 Å². The lowest BCUT2D eigenvalue weighted by atomic mass is 9.92. The highest BCUT2D eigenvalue weighted by Gasteiger charge is 2.37. The Bertz CT molecular complexity index is 431. The highest BCUT2D eigenvalue weighted by Crippen LogP contribution is 2.25. The molecule has 0 atom stereocenters. The average molecular weight is 351 g/mol. The average Bonchev–Trinajstić information content (AvgIpc) is 2.54. The summed E-state index contributed by atoms with van der Waals surface area (Å²) in [6.45, 7) is 19.0. The van der Waals surface area contributed by atoms with Crippen molar-refractivity contribution in [3.05, 3.63) is 0 Å². The number of carbonyl (C=O) groups excluding carboxylic acids is 1. The predicted molar refractivity (Wildman–Crippen MR) is 103 cm³/mol. The lowest BCUT2D eigenvalue weighted by molar-refractivity contribution is -0.143. The van der Waals surface area contributed by atoms with Crippen LogP contribution >= 0.6 is 0 Å². The van der Waals surface area contributed by atoms with E-state index in [1.807, 2.05) is 0 Å². The molecule has 3 saturated heterocycles. The molecular weight excluding hydrogens is 312 g/mol. The van der Waals surface area contributed by atoms with Crippen molar-refractivity contribution in [3.63, 3.8) is 0 Å². The van der Waals surface area contributed by atoms with Crippen LogP contribution in [0.4, 0.5) is 0 Å². The van der Waals surface area contributed by atoms with E-state index in [4.69, 9.17) is 0 Å². The van der Waals surface area contributed by atoms with E-state index in [0.717, 1.165) is 32.1 Å². The molecule has 144 valence electrons. The first-order chi connectivity index (χ1) is 11.9. The molecule has 0 saturated carbocycles. The molecule has 0 spiro atoms. The van der Waals surface area contributed by atoms with E-state index in [9.17, 15) is 4.79 Å². The molecule has 1 amide bonds. The number of carbonyl (C=O) groups is 1. The van der Waals surface area contributed by atoms with E-state index >= 15 is 0 Å². The van der Waals surface area contributed by atoms with Gasteiger partial charge in [-0.1, -0.05) is 0 Å². The van der Waals surface area contributed by atoms with Crippen molar-refractivity contribution in [1.29, 1.82) is 0 Å². The summed E-state index contributed by atoms with van der Waals surface area (Å²) >= 11 is 0. The van der Waals surface area contributed by atoms with Gasteiger partial charge >= 0.3 is 0 Å². The van der Waals surface area contributed by atoms with Crippen LogP contribution in [0.15, 0.2) is 0 Å². The van der Waals surface area contributed by atoms with Gasteiger partial charge in [-0.25, -0.2) is 0 Å². The molecule has 5 heteroatoms. The van der Waals surface area contributed by atoms with Crippen molar-refractivity contribution in [3.8, 4) is 0 Å². The van der Waals surface area contributed by atoms with Gasteiger partial charge in [-0.3, -0.25) is 14.6 Å². The van der Waals surface area contributed by atoms with Crippen molar-refractivity contribution in [2.75, 3.05) is 58.9 Å². The first-order valence-corrected chi connectivity index (χ1v) is 10.4. The van der Waals surface area contributed by atoms with E-state index in [1.54, 1.807) is 0 Å². The van der Waals surface area contributed by atoms with E-state index in [1.165, 1.54) is 45.6 Å². The van der Waals surface area contributed by atoms with Gasteiger partial charge in [0.25, 0.3) is 0 Å². The third-order valence-corrected chi connectivity index (χ3v) is 6.57. The number of piperidine rings is 1. The minimum absolute atomic E-state index is 0.267. The summed E-state index contributed by atoms with van der Waals surface area (Å²) in [5.41, 5.74) is 0. The predicted octanol–water partition coefficient (Wildman–Crippen LogP) is 1.59. The lowest BCUT2D eigenvalue weighted by Crippen LogP contribution is -2.57. The van der Waals surface area contributed by atoms with Crippen LogP contribution in [0.5, 0.6) is 0 Å². The first-order valence-electron chi connectivity index (χ1n) is 10.4. The third kappa shape index (κ3) is 4.75. The maximum atomic E-state index is 12.6. The van der Waals surface area contributed by atoms with Crippen LogP contribution in [0.3, 0.4) is 0 Å². The Morgan fingerprint density at radius 2 is 1.40 bits per heavy atom. The second-order valence-electron chi connectivity index (χ2n) is 8.94. The summed E-state index contributed by atoms with van der Waals surface area (Å²) in [5, 5.41) is 0. The molecule has 0 radical (unpaired) electrons. The third-order valence-electron chi connectivity index (χ3n) is 6.57. The lowest BCUT2D eigenvalue weighted by Gasteiger charge is -2.44. The van der Waals surface area contributed by atoms with E-state index in [0.29, 0.717) is 18.0 Å². The number of hydrogen-bond donors (Lipinski definition) is 0. The second-order valence-corrected chi connectivity index (χ2v) is 8.94. The summed E-state index contributed by atoms with van der Waals surface area (Å²) in [5.74, 6) is 1.46. The largest absolute Gasteiger partial charge is 0.342 e. The van der Waals surface area contributed by atoms with Crippen molar-refractivity contribution >= 4 is 5.91 Å². The van der Waals surface area contributed by atoms with Crippen LogP contribution in [0.2, 0.25) is 0 Å². The number of amides is 1. The molecular formula is C20H38N4O. The van der Waals surface area contributed by atoms with E-state index < -0.39 is 0 Å². The number of rotatable bonds is 5. The molecule has 25 heavy (non-hydrogen) atoms. The van der Waals surface area contributed by atoms with E-state index in [-0.39, 0.29) is 5.92 Å². The Labute approximate surface area is 154 Å². The second kappa shape index (κ2) is 8.36. The fourth-order valence-electron chi connectivity index (χ4n) is 4.51. The van der Waals surface area contributed by atoms with Gasteiger partial charge in [-0.2, -0.15) is 0 Å². The monoisotopic (exact) mass is 350 g/mol. The number of nitrogens with zero attached hydrogens (tertiary/aromatic N) is 4. The van der Waals surface area contributed by atoms with Crippen LogP contribution < -0.4 is 0 Å². The molecule has 5 nitrogen and oxygen atoms in total. The fraction of sp³-hybridized carbons (Fsp3) is 0.950. The molecule has 0 N–H and O–H groups in total. The maximum Gasteiger partial charge on any atom is 0.228 e. The molecule has 3 aliphatic heterocycles. The molecule has 0 bridgehead atoms. The molecule has 0 aromatic carbocycles. The highest BCUT2D eigenvalue weighted by atomic mass is 16.2. The Morgan fingerprint density at radius 3 is 1.92 bits per heavy atom. The summed E-state index contributed by atoms with van der Waals surface area (Å²) in [6.07, 6.45) is 2.38. The highest BCUT2D eigenvalue weighted by molar-refractivity contribution is 5.80. The number of hydrogen-bond acceptors (Lipinski definition) is 4. The Morgan fingerprint density at radius 1 is 0.840 bits per heavy atom. The van der Waals surface area contributed by atoms with Crippen molar-refractivity contribution in [2.45, 2.75) is 52.6 Å². The van der Waals surface area contributed by atoms with Gasteiger partial charge in [0.1, 0.15) is 0 Å². The maximum absolute atomic E-state index is 12.6. The van der Waals surface area contributed by atoms with Gasteiger partial charge in [0, 0.05) is 71.0 Å². The topological polar surface area (TPSA) is 30.0 Å². The first kappa shape index (κ1) is 19.1. The Hall–Kier alpha value is -0.650. The molecule has 3 rings (SSSR count). The zero-order valence-electron chi connectivity index (χ0n) is 16.8. The Kier molecular flexibility index (Phi) is 6.39. The molecule has 3 aliphatic rings. The standard InChI is InChI=1S/C20H38N4O/c1-16(2)22-11-9-21(10-12-22)13-18-5-7-23(8-6-18)20(25)19-14-24(15-19)17(3)4/h16-19H,5-15H2,1-4H3. The number of piperazine rings is 1. The van der Waals surface area contributed by atoms with Crippen LogP contribution in [-0.2, 0) is 4.79 Å². The molecule has 0 aromatic rings. The molecule has 0 aliphatic carbocycles. The van der Waals surface area contributed by atoms with Gasteiger partial charge in [0.05, 0.1) is 5.92 Å². The molecule has 0 aromatic heterocycles. The van der Waals surface area contributed by atoms with Gasteiger partial charge < -0.3 is 9.80 Å². The van der Waals surface area contributed by atoms with Crippen molar-refractivity contribution in [1.82, 2.24) is 19.6 Å². The Balaban J connectivity index is 1.35. The van der Waals surface area contributed by atoms with Crippen LogP contribution in [0, 0.1) is 11.8 Å². The molecule has 3 heterocycles. The van der Waals surface area contributed by atoms with Gasteiger partial charge in [-0.15, -0.1) is 0 Å². The van der Waals surface area contributed by atoms with Crippen molar-refractivity contribution < 1.29 is 4.79 Å². The summed E-state index contributed by atoms with van der Waals surface area (Å²) in [7, 11) is 0. The zero-order chi connectivity index (χ0) is 18.0. The SMILES string of the molecule is CC(C)N1CCN(CC2CCN(C(=O)C3CN(C(C)C)C3)CC2)CC1.